The summed E-state index contributed by atoms with van der Waals surface area (Å²) in [4.78, 5) is 0. The second-order valence-corrected chi connectivity index (χ2v) is 5.53. The molecule has 1 nitrogen and oxygen atoms in total. The number of rotatable bonds is 0. The first-order valence-electron chi connectivity index (χ1n) is 4.98. The van der Waals surface area contributed by atoms with Crippen LogP contribution in [-0.2, 0) is 6.42 Å². The molecule has 1 aliphatic heterocycles. The Morgan fingerprint density at radius 3 is 2.75 bits per heavy atom. The second-order valence-electron chi connectivity index (χ2n) is 3.76. The number of hydrogen-bond acceptors (Lipinski definition) is 1. The van der Waals surface area contributed by atoms with E-state index in [0.717, 1.165) is 26.9 Å². The van der Waals surface area contributed by atoms with Crippen molar-refractivity contribution in [2.24, 2.45) is 0 Å². The SMILES string of the molecule is Brc1ccc2c(c1)Cc1cccc(Br)c1O2. The molecule has 16 heavy (non-hydrogen) atoms. The third-order valence-electron chi connectivity index (χ3n) is 2.66. The predicted octanol–water partition coefficient (Wildman–Crippen LogP) is 4.91. The van der Waals surface area contributed by atoms with E-state index >= 15 is 0 Å². The lowest BCUT2D eigenvalue weighted by Crippen LogP contribution is -2.03. The highest BCUT2D eigenvalue weighted by atomic mass is 79.9. The summed E-state index contributed by atoms with van der Waals surface area (Å²) in [5.74, 6) is 1.89. The van der Waals surface area contributed by atoms with Crippen LogP contribution in [0.4, 0.5) is 0 Å². The quantitative estimate of drug-likeness (QED) is 0.565. The summed E-state index contributed by atoms with van der Waals surface area (Å²) in [5, 5.41) is 0. The molecule has 0 fully saturated rings. The van der Waals surface area contributed by atoms with Gasteiger partial charge in [0.05, 0.1) is 4.47 Å². The van der Waals surface area contributed by atoms with Gasteiger partial charge in [-0.2, -0.15) is 0 Å². The molecule has 0 spiro atoms. The maximum Gasteiger partial charge on any atom is 0.145 e. The Morgan fingerprint density at radius 2 is 1.88 bits per heavy atom. The van der Waals surface area contributed by atoms with E-state index < -0.39 is 0 Å². The minimum Gasteiger partial charge on any atom is -0.456 e. The van der Waals surface area contributed by atoms with Gasteiger partial charge in [-0.05, 0) is 40.2 Å². The number of ether oxygens (including phenoxy) is 1. The van der Waals surface area contributed by atoms with Crippen LogP contribution >= 0.6 is 31.9 Å². The van der Waals surface area contributed by atoms with Crippen molar-refractivity contribution in [1.82, 2.24) is 0 Å². The molecular weight excluding hydrogens is 332 g/mol. The van der Waals surface area contributed by atoms with E-state index in [0.29, 0.717) is 0 Å². The van der Waals surface area contributed by atoms with Crippen molar-refractivity contribution in [3.05, 3.63) is 56.5 Å². The maximum atomic E-state index is 5.90. The Labute approximate surface area is 111 Å². The van der Waals surface area contributed by atoms with Gasteiger partial charge in [0.15, 0.2) is 0 Å². The summed E-state index contributed by atoms with van der Waals surface area (Å²) in [6.45, 7) is 0. The molecule has 0 unspecified atom stereocenters. The lowest BCUT2D eigenvalue weighted by molar-refractivity contribution is 0.457. The largest absolute Gasteiger partial charge is 0.456 e. The van der Waals surface area contributed by atoms with Gasteiger partial charge in [0.25, 0.3) is 0 Å². The van der Waals surface area contributed by atoms with Crippen LogP contribution in [0.15, 0.2) is 45.3 Å². The Hall–Kier alpha value is -0.800. The normalized spacial score (nSPS) is 12.6. The number of hydrogen-bond donors (Lipinski definition) is 0. The van der Waals surface area contributed by atoms with Crippen molar-refractivity contribution in [2.75, 3.05) is 0 Å². The first kappa shape index (κ1) is 10.4. The monoisotopic (exact) mass is 338 g/mol. The van der Waals surface area contributed by atoms with E-state index in [1.54, 1.807) is 0 Å². The van der Waals surface area contributed by atoms with Gasteiger partial charge in [-0.3, -0.25) is 0 Å². The van der Waals surface area contributed by atoms with Gasteiger partial charge in [0.2, 0.25) is 0 Å². The first-order valence-corrected chi connectivity index (χ1v) is 6.56. The average Bonchev–Trinajstić information content (AvgIpc) is 2.27. The highest BCUT2D eigenvalue weighted by Crippen LogP contribution is 2.41. The second kappa shape index (κ2) is 3.90. The van der Waals surface area contributed by atoms with E-state index in [1.165, 1.54) is 11.1 Å². The van der Waals surface area contributed by atoms with Crippen LogP contribution in [0, 0.1) is 0 Å². The van der Waals surface area contributed by atoms with Gasteiger partial charge in [-0.1, -0.05) is 28.1 Å². The first-order chi connectivity index (χ1) is 7.74. The Kier molecular flexibility index (Phi) is 2.52. The van der Waals surface area contributed by atoms with Crippen LogP contribution in [0.3, 0.4) is 0 Å². The zero-order valence-corrected chi connectivity index (χ0v) is 11.5. The molecule has 2 aromatic carbocycles. The van der Waals surface area contributed by atoms with Crippen molar-refractivity contribution in [1.29, 1.82) is 0 Å². The van der Waals surface area contributed by atoms with E-state index in [4.69, 9.17) is 4.74 Å². The van der Waals surface area contributed by atoms with Gasteiger partial charge in [-0.15, -0.1) is 0 Å². The summed E-state index contributed by atoms with van der Waals surface area (Å²) in [5.41, 5.74) is 2.44. The minimum atomic E-state index is 0.920. The van der Waals surface area contributed by atoms with E-state index in [-0.39, 0.29) is 0 Å². The van der Waals surface area contributed by atoms with Crippen molar-refractivity contribution in [3.63, 3.8) is 0 Å². The summed E-state index contributed by atoms with van der Waals surface area (Å²) < 4.78 is 8.00. The molecule has 0 radical (unpaired) electrons. The van der Waals surface area contributed by atoms with Crippen molar-refractivity contribution < 1.29 is 4.74 Å². The summed E-state index contributed by atoms with van der Waals surface area (Å²) in [6, 6.07) is 12.3. The highest BCUT2D eigenvalue weighted by Gasteiger charge is 2.18. The summed E-state index contributed by atoms with van der Waals surface area (Å²) >= 11 is 6.99. The fraction of sp³-hybridized carbons (Fsp3) is 0.0769. The maximum absolute atomic E-state index is 5.90. The van der Waals surface area contributed by atoms with Crippen molar-refractivity contribution in [3.8, 4) is 11.5 Å². The molecule has 0 saturated heterocycles. The van der Waals surface area contributed by atoms with Crippen LogP contribution in [0.25, 0.3) is 0 Å². The number of para-hydroxylation sites is 1. The van der Waals surface area contributed by atoms with Crippen molar-refractivity contribution in [2.45, 2.75) is 6.42 Å². The summed E-state index contributed by atoms with van der Waals surface area (Å²) in [7, 11) is 0. The number of halogens is 2. The van der Waals surface area contributed by atoms with Gasteiger partial charge in [-0.25, -0.2) is 0 Å². The molecule has 1 aliphatic rings. The Morgan fingerprint density at radius 1 is 1.00 bits per heavy atom. The lowest BCUT2D eigenvalue weighted by Gasteiger charge is -2.21. The molecule has 0 amide bonds. The van der Waals surface area contributed by atoms with Crippen LogP contribution in [0.1, 0.15) is 11.1 Å². The third kappa shape index (κ3) is 1.68. The molecule has 0 aromatic heterocycles. The van der Waals surface area contributed by atoms with Crippen molar-refractivity contribution >= 4 is 31.9 Å². The average molecular weight is 340 g/mol. The fourth-order valence-electron chi connectivity index (χ4n) is 1.91. The molecule has 0 bridgehead atoms. The van der Waals surface area contributed by atoms with Gasteiger partial charge >= 0.3 is 0 Å². The molecule has 0 aliphatic carbocycles. The molecule has 3 rings (SSSR count). The van der Waals surface area contributed by atoms with Crippen LogP contribution in [0.5, 0.6) is 11.5 Å². The molecule has 80 valence electrons. The predicted molar refractivity (Wildman–Crippen MR) is 71.2 cm³/mol. The van der Waals surface area contributed by atoms with E-state index in [1.807, 2.05) is 24.3 Å². The molecule has 0 atom stereocenters. The Bertz CT molecular complexity index is 564. The van der Waals surface area contributed by atoms with Crippen LogP contribution in [0.2, 0.25) is 0 Å². The lowest BCUT2D eigenvalue weighted by atomic mass is 10.0. The highest BCUT2D eigenvalue weighted by molar-refractivity contribution is 9.10. The smallest absolute Gasteiger partial charge is 0.145 e. The van der Waals surface area contributed by atoms with Gasteiger partial charge < -0.3 is 4.74 Å². The molecule has 0 saturated carbocycles. The zero-order chi connectivity index (χ0) is 11.1. The summed E-state index contributed by atoms with van der Waals surface area (Å²) in [6.07, 6.45) is 0.920. The minimum absolute atomic E-state index is 0.920. The number of benzene rings is 2. The molecule has 0 N–H and O–H groups in total. The van der Waals surface area contributed by atoms with Gasteiger partial charge in [0.1, 0.15) is 11.5 Å². The standard InChI is InChI=1S/C13H8Br2O/c14-10-4-5-12-9(7-10)6-8-2-1-3-11(15)13(8)16-12/h1-5,7H,6H2. The zero-order valence-electron chi connectivity index (χ0n) is 8.34. The van der Waals surface area contributed by atoms with Crippen LogP contribution in [-0.4, -0.2) is 0 Å². The van der Waals surface area contributed by atoms with E-state index in [9.17, 15) is 0 Å². The number of fused-ring (bicyclic) bond motifs is 2. The van der Waals surface area contributed by atoms with Gasteiger partial charge in [0, 0.05) is 22.0 Å². The topological polar surface area (TPSA) is 9.23 Å². The molecular formula is C13H8Br2O. The molecule has 3 heteroatoms. The fourth-order valence-corrected chi connectivity index (χ4v) is 2.80. The third-order valence-corrected chi connectivity index (χ3v) is 3.78. The van der Waals surface area contributed by atoms with E-state index in [2.05, 4.69) is 44.0 Å². The molecule has 2 aromatic rings. The van der Waals surface area contributed by atoms with Crippen LogP contribution < -0.4 is 4.74 Å². The Balaban J connectivity index is 2.13. The molecule has 1 heterocycles.